The summed E-state index contributed by atoms with van der Waals surface area (Å²) in [5.41, 5.74) is 4.97. The van der Waals surface area contributed by atoms with Crippen molar-refractivity contribution in [1.29, 1.82) is 0 Å². The fourth-order valence-electron chi connectivity index (χ4n) is 2.74. The van der Waals surface area contributed by atoms with Crippen LogP contribution in [0.3, 0.4) is 0 Å². The maximum atomic E-state index is 12.3. The van der Waals surface area contributed by atoms with Gasteiger partial charge in [-0.3, -0.25) is 4.79 Å². The molecule has 0 bridgehead atoms. The van der Waals surface area contributed by atoms with Crippen LogP contribution in [0.4, 0.5) is 5.69 Å². The first kappa shape index (κ1) is 14.1. The molecule has 2 heterocycles. The van der Waals surface area contributed by atoms with Crippen LogP contribution in [0.25, 0.3) is 11.6 Å². The van der Waals surface area contributed by atoms with E-state index in [2.05, 4.69) is 22.1 Å². The second-order valence-electron chi connectivity index (χ2n) is 5.48. The number of anilines is 1. The highest BCUT2D eigenvalue weighted by Crippen LogP contribution is 2.35. The van der Waals surface area contributed by atoms with Gasteiger partial charge >= 0.3 is 0 Å². The molecule has 2 N–H and O–H groups in total. The molecule has 3 aromatic rings. The number of carbonyl (C=O) groups is 1. The Kier molecular flexibility index (Phi) is 3.49. The molecule has 0 spiro atoms. The molecule has 0 atom stereocenters. The summed E-state index contributed by atoms with van der Waals surface area (Å²) in [4.78, 5) is 15.4. The van der Waals surface area contributed by atoms with Gasteiger partial charge in [-0.05, 0) is 42.5 Å². The van der Waals surface area contributed by atoms with Crippen LogP contribution in [-0.4, -0.2) is 10.9 Å². The molecule has 0 saturated heterocycles. The predicted molar refractivity (Wildman–Crippen MR) is 96.2 cm³/mol. The second-order valence-corrected chi connectivity index (χ2v) is 5.48. The van der Waals surface area contributed by atoms with Crippen molar-refractivity contribution in [2.24, 2.45) is 0 Å². The number of aromatic nitrogens is 1. The van der Waals surface area contributed by atoms with Crippen molar-refractivity contribution < 1.29 is 4.79 Å². The van der Waals surface area contributed by atoms with Crippen LogP contribution in [0.2, 0.25) is 0 Å². The Morgan fingerprint density at radius 1 is 0.875 bits per heavy atom. The number of rotatable bonds is 1. The maximum Gasteiger partial charge on any atom is 0.256 e. The zero-order valence-corrected chi connectivity index (χ0v) is 12.8. The highest BCUT2D eigenvalue weighted by atomic mass is 16.2. The van der Waals surface area contributed by atoms with Crippen LogP contribution in [0, 0.1) is 11.8 Å². The number of aromatic amines is 1. The van der Waals surface area contributed by atoms with E-state index in [0.29, 0.717) is 5.57 Å². The highest BCUT2D eigenvalue weighted by molar-refractivity contribution is 6.35. The average molecular weight is 310 g/mol. The summed E-state index contributed by atoms with van der Waals surface area (Å²) < 4.78 is 0. The molecule has 2 aromatic carbocycles. The van der Waals surface area contributed by atoms with Gasteiger partial charge in [-0.1, -0.05) is 36.1 Å². The molecule has 1 aliphatic heterocycles. The Bertz CT molecular complexity index is 987. The average Bonchev–Trinajstić information content (AvgIpc) is 3.23. The molecule has 24 heavy (non-hydrogen) atoms. The van der Waals surface area contributed by atoms with Crippen molar-refractivity contribution in [3.8, 4) is 11.8 Å². The molecule has 0 unspecified atom stereocenters. The van der Waals surface area contributed by atoms with E-state index in [1.54, 1.807) is 0 Å². The van der Waals surface area contributed by atoms with Gasteiger partial charge < -0.3 is 10.3 Å². The monoisotopic (exact) mass is 310 g/mol. The number of amides is 1. The third-order valence-electron chi connectivity index (χ3n) is 3.86. The molecule has 1 amide bonds. The molecule has 0 fully saturated rings. The smallest absolute Gasteiger partial charge is 0.256 e. The predicted octanol–water partition coefficient (Wildman–Crippen LogP) is 3.91. The van der Waals surface area contributed by atoms with Crippen molar-refractivity contribution in [1.82, 2.24) is 4.98 Å². The quantitative estimate of drug-likeness (QED) is 0.519. The summed E-state index contributed by atoms with van der Waals surface area (Å²) >= 11 is 0. The van der Waals surface area contributed by atoms with Crippen molar-refractivity contribution in [3.05, 3.63) is 89.2 Å². The number of carbonyl (C=O) groups excluding carboxylic acids is 1. The first-order valence-corrected chi connectivity index (χ1v) is 7.68. The van der Waals surface area contributed by atoms with Crippen molar-refractivity contribution >= 4 is 23.2 Å². The Hall–Kier alpha value is -3.51. The van der Waals surface area contributed by atoms with E-state index >= 15 is 0 Å². The highest BCUT2D eigenvalue weighted by Gasteiger charge is 2.26. The van der Waals surface area contributed by atoms with Gasteiger partial charge in [0.1, 0.15) is 0 Å². The number of nitrogens with one attached hydrogen (secondary N) is 2. The lowest BCUT2D eigenvalue weighted by molar-refractivity contribution is -0.110. The van der Waals surface area contributed by atoms with Gasteiger partial charge in [0, 0.05) is 28.6 Å². The van der Waals surface area contributed by atoms with E-state index in [0.717, 1.165) is 28.1 Å². The summed E-state index contributed by atoms with van der Waals surface area (Å²) in [5, 5.41) is 2.91. The molecule has 0 saturated carbocycles. The van der Waals surface area contributed by atoms with Gasteiger partial charge in [0.05, 0.1) is 11.3 Å². The summed E-state index contributed by atoms with van der Waals surface area (Å²) in [6, 6.07) is 19.4. The summed E-state index contributed by atoms with van der Waals surface area (Å²) in [5.74, 6) is 6.26. The van der Waals surface area contributed by atoms with E-state index < -0.39 is 0 Å². The first-order valence-electron chi connectivity index (χ1n) is 7.68. The maximum absolute atomic E-state index is 12.3. The topological polar surface area (TPSA) is 44.9 Å². The molecule has 1 aromatic heterocycles. The van der Waals surface area contributed by atoms with Crippen LogP contribution >= 0.6 is 0 Å². The molecular formula is C21H14N2O. The number of benzene rings is 2. The first-order chi connectivity index (χ1) is 11.8. The van der Waals surface area contributed by atoms with E-state index in [4.69, 9.17) is 0 Å². The molecule has 1 aliphatic rings. The normalized spacial score (nSPS) is 14.0. The summed E-state index contributed by atoms with van der Waals surface area (Å²) in [6.07, 6.45) is 3.69. The zero-order chi connectivity index (χ0) is 16.4. The number of hydrogen-bond acceptors (Lipinski definition) is 1. The Labute approximate surface area is 140 Å². The Morgan fingerprint density at radius 3 is 2.54 bits per heavy atom. The Morgan fingerprint density at radius 2 is 1.75 bits per heavy atom. The zero-order valence-electron chi connectivity index (χ0n) is 12.8. The lowest BCUT2D eigenvalue weighted by Gasteiger charge is -2.02. The third kappa shape index (κ3) is 2.62. The largest absolute Gasteiger partial charge is 0.362 e. The van der Waals surface area contributed by atoms with Gasteiger partial charge in [0.2, 0.25) is 0 Å². The van der Waals surface area contributed by atoms with Gasteiger partial charge in [-0.15, -0.1) is 0 Å². The lowest BCUT2D eigenvalue weighted by Crippen LogP contribution is -2.03. The number of hydrogen-bond donors (Lipinski definition) is 2. The fraction of sp³-hybridized carbons (Fsp3) is 0. The van der Waals surface area contributed by atoms with E-state index in [1.807, 2.05) is 72.9 Å². The molecule has 3 nitrogen and oxygen atoms in total. The van der Waals surface area contributed by atoms with Crippen LogP contribution < -0.4 is 5.32 Å². The standard InChI is InChI=1S/C21H14N2O/c24-21-18(14-17-9-5-13-22-17)20-16(8-4-10-19(20)23-21)12-11-15-6-2-1-3-7-15/h1-10,13-14,22H,(H,23,24)/b18-14-. The minimum Gasteiger partial charge on any atom is -0.362 e. The van der Waals surface area contributed by atoms with Crippen LogP contribution in [0.1, 0.15) is 22.4 Å². The second kappa shape index (κ2) is 5.94. The number of H-pyrrole nitrogens is 1. The van der Waals surface area contributed by atoms with Crippen molar-refractivity contribution in [3.63, 3.8) is 0 Å². The van der Waals surface area contributed by atoms with Gasteiger partial charge in [0.15, 0.2) is 0 Å². The Balaban J connectivity index is 1.81. The van der Waals surface area contributed by atoms with Crippen LogP contribution in [-0.2, 0) is 4.79 Å². The number of fused-ring (bicyclic) bond motifs is 1. The summed E-state index contributed by atoms with van der Waals surface area (Å²) in [7, 11) is 0. The van der Waals surface area contributed by atoms with E-state index in [-0.39, 0.29) is 5.91 Å². The molecule has 4 rings (SSSR count). The van der Waals surface area contributed by atoms with Gasteiger partial charge in [-0.25, -0.2) is 0 Å². The lowest BCUT2D eigenvalue weighted by atomic mass is 9.99. The molecular weight excluding hydrogens is 296 g/mol. The molecule has 0 aliphatic carbocycles. The van der Waals surface area contributed by atoms with Gasteiger partial charge in [-0.2, -0.15) is 0 Å². The molecule has 3 heteroatoms. The van der Waals surface area contributed by atoms with E-state index in [9.17, 15) is 4.79 Å². The van der Waals surface area contributed by atoms with Crippen molar-refractivity contribution in [2.45, 2.75) is 0 Å². The SMILES string of the molecule is O=C1Nc2cccc(C#Cc3ccccc3)c2/C1=C/c1ccc[nH]1. The van der Waals surface area contributed by atoms with Crippen molar-refractivity contribution in [2.75, 3.05) is 5.32 Å². The molecule has 114 valence electrons. The summed E-state index contributed by atoms with van der Waals surface area (Å²) in [6.45, 7) is 0. The minimum absolute atomic E-state index is 0.103. The molecule has 0 radical (unpaired) electrons. The third-order valence-corrected chi connectivity index (χ3v) is 3.86. The fourth-order valence-corrected chi connectivity index (χ4v) is 2.74. The van der Waals surface area contributed by atoms with Crippen LogP contribution in [0.5, 0.6) is 0 Å². The van der Waals surface area contributed by atoms with Crippen LogP contribution in [0.15, 0.2) is 66.9 Å². The van der Waals surface area contributed by atoms with E-state index in [1.165, 1.54) is 0 Å². The minimum atomic E-state index is -0.103. The van der Waals surface area contributed by atoms with Gasteiger partial charge in [0.25, 0.3) is 5.91 Å².